The normalized spacial score (nSPS) is 11.3. The topological polar surface area (TPSA) is 98.5 Å². The van der Waals surface area contributed by atoms with Crippen LogP contribution in [0, 0.1) is 20.8 Å². The molecule has 0 saturated heterocycles. The molecule has 0 radical (unpaired) electrons. The predicted octanol–water partition coefficient (Wildman–Crippen LogP) is 6.46. The maximum atomic E-state index is 13.8. The molecule has 8 heteroatoms. The number of nitrogens with one attached hydrogen (secondary N) is 1. The molecule has 3 N–H and O–H groups in total. The molecule has 0 unspecified atom stereocenters. The minimum Gasteiger partial charge on any atom is -0.494 e. The molecule has 0 bridgehead atoms. The Labute approximate surface area is 215 Å². The molecule has 4 aromatic rings. The lowest BCUT2D eigenvalue weighted by Crippen LogP contribution is -2.09. The SMILES string of the molecule is CCOc1ccc(Nc2sc(C(=O)c3ccc(C)cc3C)c(N)c2S(=O)(=O)c2ccc(C)cc2)cc1. The zero-order chi connectivity index (χ0) is 26.0. The molecule has 4 rings (SSSR count). The standard InChI is InChI=1S/C28H28N2O4S2/c1-5-34-21-11-9-20(10-12-21)30-28-27(36(32,33)22-13-6-17(2)7-14-22)24(29)26(35-28)25(31)23-15-8-18(3)16-19(23)4/h6-16,30H,5,29H2,1-4H3. The smallest absolute Gasteiger partial charge is 0.211 e. The van der Waals surface area contributed by atoms with E-state index in [0.717, 1.165) is 28.0 Å². The molecule has 0 atom stereocenters. The molecular formula is C28H28N2O4S2. The first-order chi connectivity index (χ1) is 17.1. The van der Waals surface area contributed by atoms with Gasteiger partial charge in [-0.1, -0.05) is 41.5 Å². The van der Waals surface area contributed by atoms with Crippen LogP contribution in [0.15, 0.2) is 76.5 Å². The second-order valence-electron chi connectivity index (χ2n) is 8.55. The molecule has 0 spiro atoms. The molecule has 0 aliphatic carbocycles. The number of anilines is 3. The number of hydrogen-bond donors (Lipinski definition) is 2. The molecule has 3 aromatic carbocycles. The number of carbonyl (C=O) groups is 1. The summed E-state index contributed by atoms with van der Waals surface area (Å²) in [6.07, 6.45) is 0. The first-order valence-electron chi connectivity index (χ1n) is 11.5. The Balaban J connectivity index is 1.85. The van der Waals surface area contributed by atoms with Crippen molar-refractivity contribution in [2.24, 2.45) is 0 Å². The number of nitrogens with two attached hydrogens (primary N) is 1. The fourth-order valence-corrected chi connectivity index (χ4v) is 6.83. The van der Waals surface area contributed by atoms with E-state index in [9.17, 15) is 13.2 Å². The highest BCUT2D eigenvalue weighted by Crippen LogP contribution is 2.44. The lowest BCUT2D eigenvalue weighted by Gasteiger charge is -2.11. The summed E-state index contributed by atoms with van der Waals surface area (Å²) in [5.74, 6) is 0.391. The van der Waals surface area contributed by atoms with E-state index in [2.05, 4.69) is 5.32 Å². The van der Waals surface area contributed by atoms with Crippen molar-refractivity contribution in [3.05, 3.63) is 93.9 Å². The van der Waals surface area contributed by atoms with Crippen molar-refractivity contribution in [1.29, 1.82) is 0 Å². The summed E-state index contributed by atoms with van der Waals surface area (Å²) in [5, 5.41) is 3.45. The minimum absolute atomic E-state index is 0.0565. The molecule has 1 heterocycles. The third-order valence-corrected chi connectivity index (χ3v) is 8.86. The third kappa shape index (κ3) is 5.01. The summed E-state index contributed by atoms with van der Waals surface area (Å²) in [6.45, 7) is 8.13. The average Bonchev–Trinajstić information content (AvgIpc) is 3.16. The molecule has 0 amide bonds. The number of nitrogen functional groups attached to an aromatic ring is 1. The van der Waals surface area contributed by atoms with Gasteiger partial charge in [-0.15, -0.1) is 11.3 Å². The number of hydrogen-bond acceptors (Lipinski definition) is 7. The Morgan fingerprint density at radius 2 is 1.58 bits per heavy atom. The third-order valence-electron chi connectivity index (χ3n) is 5.76. The molecule has 0 aliphatic heterocycles. The van der Waals surface area contributed by atoms with Crippen LogP contribution in [0.4, 0.5) is 16.4 Å². The second kappa shape index (κ2) is 10.2. The quantitative estimate of drug-likeness (QED) is 0.259. The Kier molecular flexibility index (Phi) is 7.19. The van der Waals surface area contributed by atoms with Crippen LogP contribution in [0.25, 0.3) is 0 Å². The zero-order valence-electron chi connectivity index (χ0n) is 20.6. The molecule has 0 aliphatic rings. The Morgan fingerprint density at radius 1 is 0.944 bits per heavy atom. The van der Waals surface area contributed by atoms with Gasteiger partial charge in [-0.3, -0.25) is 4.79 Å². The average molecular weight is 521 g/mol. The number of aryl methyl sites for hydroxylation is 3. The van der Waals surface area contributed by atoms with Gasteiger partial charge in [0, 0.05) is 11.3 Å². The van der Waals surface area contributed by atoms with Crippen molar-refractivity contribution < 1.29 is 17.9 Å². The number of ketones is 1. The van der Waals surface area contributed by atoms with Crippen LogP contribution in [-0.4, -0.2) is 20.8 Å². The van der Waals surface area contributed by atoms with Crippen LogP contribution in [-0.2, 0) is 9.84 Å². The van der Waals surface area contributed by atoms with Crippen LogP contribution >= 0.6 is 11.3 Å². The maximum absolute atomic E-state index is 13.8. The van der Waals surface area contributed by atoms with Crippen LogP contribution in [0.1, 0.15) is 38.8 Å². The van der Waals surface area contributed by atoms with Crippen LogP contribution in [0.2, 0.25) is 0 Å². The van der Waals surface area contributed by atoms with E-state index in [4.69, 9.17) is 10.5 Å². The number of rotatable bonds is 8. The molecule has 1 aromatic heterocycles. The largest absolute Gasteiger partial charge is 0.494 e. The van der Waals surface area contributed by atoms with Crippen molar-refractivity contribution in [1.82, 2.24) is 0 Å². The molecule has 36 heavy (non-hydrogen) atoms. The van der Waals surface area contributed by atoms with E-state index in [1.165, 1.54) is 0 Å². The molecule has 0 saturated carbocycles. The number of benzene rings is 3. The summed E-state index contributed by atoms with van der Waals surface area (Å²) in [7, 11) is -4.02. The van der Waals surface area contributed by atoms with E-state index in [0.29, 0.717) is 23.6 Å². The van der Waals surface area contributed by atoms with Crippen LogP contribution in [0.5, 0.6) is 5.75 Å². The van der Waals surface area contributed by atoms with Crippen LogP contribution in [0.3, 0.4) is 0 Å². The van der Waals surface area contributed by atoms with Gasteiger partial charge in [0.15, 0.2) is 0 Å². The van der Waals surface area contributed by atoms with Gasteiger partial charge in [0.05, 0.1) is 17.2 Å². The highest BCUT2D eigenvalue weighted by Gasteiger charge is 2.32. The second-order valence-corrected chi connectivity index (χ2v) is 11.5. The lowest BCUT2D eigenvalue weighted by atomic mass is 10.0. The fourth-order valence-electron chi connectivity index (χ4n) is 3.90. The van der Waals surface area contributed by atoms with Gasteiger partial charge >= 0.3 is 0 Å². The summed E-state index contributed by atoms with van der Waals surface area (Å²) < 4.78 is 33.0. The first kappa shape index (κ1) is 25.5. The summed E-state index contributed by atoms with van der Waals surface area (Å²) in [4.78, 5) is 13.7. The maximum Gasteiger partial charge on any atom is 0.211 e. The lowest BCUT2D eigenvalue weighted by molar-refractivity contribution is 0.104. The van der Waals surface area contributed by atoms with E-state index in [-0.39, 0.29) is 31.1 Å². The molecule has 6 nitrogen and oxygen atoms in total. The fraction of sp³-hybridized carbons (Fsp3) is 0.179. The predicted molar refractivity (Wildman–Crippen MR) is 146 cm³/mol. The van der Waals surface area contributed by atoms with Gasteiger partial charge in [-0.05, 0) is 69.7 Å². The van der Waals surface area contributed by atoms with E-state index >= 15 is 0 Å². The Hall–Kier alpha value is -3.62. The molecule has 186 valence electrons. The van der Waals surface area contributed by atoms with Gasteiger partial charge < -0.3 is 15.8 Å². The monoisotopic (exact) mass is 520 g/mol. The van der Waals surface area contributed by atoms with E-state index in [1.54, 1.807) is 54.6 Å². The molecular weight excluding hydrogens is 492 g/mol. The van der Waals surface area contributed by atoms with Gasteiger partial charge in [0.2, 0.25) is 15.6 Å². The van der Waals surface area contributed by atoms with Gasteiger partial charge in [-0.25, -0.2) is 8.42 Å². The molecule has 0 fully saturated rings. The summed E-state index contributed by atoms with van der Waals surface area (Å²) in [5.41, 5.74) is 10.3. The Morgan fingerprint density at radius 3 is 2.19 bits per heavy atom. The highest BCUT2D eigenvalue weighted by atomic mass is 32.2. The van der Waals surface area contributed by atoms with Crippen molar-refractivity contribution in [2.45, 2.75) is 37.5 Å². The highest BCUT2D eigenvalue weighted by molar-refractivity contribution is 7.92. The number of ether oxygens (including phenoxy) is 1. The zero-order valence-corrected chi connectivity index (χ0v) is 22.2. The van der Waals surface area contributed by atoms with E-state index in [1.807, 2.05) is 39.8 Å². The van der Waals surface area contributed by atoms with Crippen LogP contribution < -0.4 is 15.8 Å². The van der Waals surface area contributed by atoms with Gasteiger partial charge in [0.25, 0.3) is 0 Å². The summed E-state index contributed by atoms with van der Waals surface area (Å²) >= 11 is 1.04. The van der Waals surface area contributed by atoms with Crippen molar-refractivity contribution in [2.75, 3.05) is 17.7 Å². The Bertz CT molecular complexity index is 1520. The van der Waals surface area contributed by atoms with Crippen molar-refractivity contribution in [3.8, 4) is 5.75 Å². The first-order valence-corrected chi connectivity index (χ1v) is 13.8. The van der Waals surface area contributed by atoms with Gasteiger partial charge in [-0.2, -0.15) is 0 Å². The number of carbonyl (C=O) groups excluding carboxylic acids is 1. The number of sulfone groups is 1. The van der Waals surface area contributed by atoms with Crippen molar-refractivity contribution >= 4 is 43.3 Å². The van der Waals surface area contributed by atoms with Crippen molar-refractivity contribution in [3.63, 3.8) is 0 Å². The number of thiophene rings is 1. The van der Waals surface area contributed by atoms with Gasteiger partial charge in [0.1, 0.15) is 20.5 Å². The summed E-state index contributed by atoms with van der Waals surface area (Å²) in [6, 6.07) is 19.2. The minimum atomic E-state index is -4.02. The van der Waals surface area contributed by atoms with E-state index < -0.39 is 9.84 Å².